The Bertz CT molecular complexity index is 322. The second kappa shape index (κ2) is 7.40. The topological polar surface area (TPSA) is 44.7 Å². The molecule has 1 saturated carbocycles. The van der Waals surface area contributed by atoms with Crippen molar-refractivity contribution in [1.82, 2.24) is 10.2 Å². The molecule has 4 unspecified atom stereocenters. The van der Waals surface area contributed by atoms with Gasteiger partial charge in [-0.15, -0.1) is 0 Å². The fraction of sp³-hybridized carbons (Fsp3) is 1.00. The molecule has 0 aromatic rings. The van der Waals surface area contributed by atoms with Gasteiger partial charge >= 0.3 is 0 Å². The lowest BCUT2D eigenvalue weighted by molar-refractivity contribution is -0.152. The fourth-order valence-corrected chi connectivity index (χ4v) is 4.21. The molecule has 124 valence electrons. The van der Waals surface area contributed by atoms with E-state index in [1.54, 1.807) is 0 Å². The molecule has 0 aromatic carbocycles. The summed E-state index contributed by atoms with van der Waals surface area (Å²) >= 11 is 0. The maximum absolute atomic E-state index is 9.46. The van der Waals surface area contributed by atoms with Gasteiger partial charge in [-0.05, 0) is 51.5 Å². The first kappa shape index (κ1) is 17.2. The van der Waals surface area contributed by atoms with E-state index in [4.69, 9.17) is 4.74 Å². The second-order valence-corrected chi connectivity index (χ2v) is 7.72. The van der Waals surface area contributed by atoms with Crippen LogP contribution < -0.4 is 5.32 Å². The van der Waals surface area contributed by atoms with Gasteiger partial charge in [-0.3, -0.25) is 4.90 Å². The fourth-order valence-electron chi connectivity index (χ4n) is 4.21. The number of morpholine rings is 1. The maximum Gasteiger partial charge on any atom is 0.0940 e. The van der Waals surface area contributed by atoms with Crippen LogP contribution in [0.1, 0.15) is 47.0 Å². The zero-order valence-electron chi connectivity index (χ0n) is 14.3. The minimum atomic E-state index is -0.153. The third-order valence-corrected chi connectivity index (χ3v) is 4.96. The first-order valence-electron chi connectivity index (χ1n) is 8.68. The monoisotopic (exact) mass is 298 g/mol. The van der Waals surface area contributed by atoms with Crippen LogP contribution >= 0.6 is 0 Å². The summed E-state index contributed by atoms with van der Waals surface area (Å²) in [7, 11) is 0. The number of nitrogens with zero attached hydrogens (tertiary/aromatic N) is 1. The van der Waals surface area contributed by atoms with E-state index in [1.807, 2.05) is 0 Å². The lowest BCUT2D eigenvalue weighted by Crippen LogP contribution is -2.56. The molecule has 4 nitrogen and oxygen atoms in total. The van der Waals surface area contributed by atoms with Gasteiger partial charge in [0.05, 0.1) is 18.3 Å². The summed E-state index contributed by atoms with van der Waals surface area (Å²) in [5, 5.41) is 13.1. The van der Waals surface area contributed by atoms with Crippen LogP contribution in [0.4, 0.5) is 0 Å². The van der Waals surface area contributed by atoms with Gasteiger partial charge in [-0.2, -0.15) is 0 Å². The molecule has 2 aliphatic rings. The van der Waals surface area contributed by atoms with E-state index in [1.165, 1.54) is 19.3 Å². The minimum Gasteiger partial charge on any atom is -0.394 e. The highest BCUT2D eigenvalue weighted by atomic mass is 16.5. The van der Waals surface area contributed by atoms with Gasteiger partial charge in [0, 0.05) is 25.7 Å². The highest BCUT2D eigenvalue weighted by Gasteiger charge is 2.36. The molecule has 0 amide bonds. The van der Waals surface area contributed by atoms with Crippen LogP contribution in [0.25, 0.3) is 0 Å². The van der Waals surface area contributed by atoms with Crippen molar-refractivity contribution < 1.29 is 9.84 Å². The molecule has 0 radical (unpaired) electrons. The van der Waals surface area contributed by atoms with Crippen molar-refractivity contribution in [2.24, 2.45) is 11.8 Å². The molecule has 0 spiro atoms. The lowest BCUT2D eigenvalue weighted by Gasteiger charge is -2.45. The third kappa shape index (κ3) is 4.92. The van der Waals surface area contributed by atoms with Gasteiger partial charge in [0.15, 0.2) is 0 Å². The summed E-state index contributed by atoms with van der Waals surface area (Å²) in [5.74, 6) is 1.56. The normalized spacial score (nSPS) is 37.6. The second-order valence-electron chi connectivity index (χ2n) is 7.72. The number of hydrogen-bond acceptors (Lipinski definition) is 4. The van der Waals surface area contributed by atoms with E-state index < -0.39 is 0 Å². The molecule has 1 heterocycles. The number of hydrogen-bond donors (Lipinski definition) is 2. The Morgan fingerprint density at radius 1 is 1.33 bits per heavy atom. The molecule has 1 aliphatic heterocycles. The van der Waals surface area contributed by atoms with Gasteiger partial charge in [0.25, 0.3) is 0 Å². The first-order chi connectivity index (χ1) is 9.93. The van der Waals surface area contributed by atoms with E-state index in [0.717, 1.165) is 38.0 Å². The number of rotatable bonds is 5. The molecular weight excluding hydrogens is 264 g/mol. The van der Waals surface area contributed by atoms with Gasteiger partial charge in [-0.25, -0.2) is 0 Å². The van der Waals surface area contributed by atoms with Crippen molar-refractivity contribution in [3.63, 3.8) is 0 Å². The molecule has 2 rings (SSSR count). The predicted molar refractivity (Wildman–Crippen MR) is 86.4 cm³/mol. The maximum atomic E-state index is 9.46. The molecular formula is C17H34N2O2. The molecule has 4 atom stereocenters. The quantitative estimate of drug-likeness (QED) is 0.813. The summed E-state index contributed by atoms with van der Waals surface area (Å²) in [6.45, 7) is 13.0. The summed E-state index contributed by atoms with van der Waals surface area (Å²) in [4.78, 5) is 2.51. The Balaban J connectivity index is 1.96. The Kier molecular flexibility index (Phi) is 6.06. The smallest absolute Gasteiger partial charge is 0.0940 e. The number of aliphatic hydroxyl groups is 1. The molecule has 1 aliphatic carbocycles. The Hall–Kier alpha value is -0.160. The molecule has 4 heteroatoms. The lowest BCUT2D eigenvalue weighted by atomic mass is 9.78. The summed E-state index contributed by atoms with van der Waals surface area (Å²) in [6, 6.07) is 0.657. The van der Waals surface area contributed by atoms with Crippen LogP contribution in [-0.2, 0) is 4.74 Å². The van der Waals surface area contributed by atoms with Gasteiger partial charge in [0.2, 0.25) is 0 Å². The van der Waals surface area contributed by atoms with Gasteiger partial charge in [0.1, 0.15) is 0 Å². The summed E-state index contributed by atoms with van der Waals surface area (Å²) in [5.41, 5.74) is -0.153. The number of aliphatic hydroxyl groups excluding tert-OH is 1. The van der Waals surface area contributed by atoms with Crippen molar-refractivity contribution in [3.8, 4) is 0 Å². The zero-order valence-corrected chi connectivity index (χ0v) is 14.3. The predicted octanol–water partition coefficient (Wildman–Crippen LogP) is 1.87. The zero-order chi connectivity index (χ0) is 15.5. The van der Waals surface area contributed by atoms with Crippen molar-refractivity contribution >= 4 is 0 Å². The average Bonchev–Trinajstić information content (AvgIpc) is 2.40. The standard InChI is InChI=1S/C17H34N2O2/c1-5-18-16-7-6-13(2)8-14(16)9-19-10-15(11-20)21-17(3,4)12-19/h13-16,18,20H,5-12H2,1-4H3. The Morgan fingerprint density at radius 3 is 2.76 bits per heavy atom. The highest BCUT2D eigenvalue weighted by molar-refractivity contribution is 4.89. The minimum absolute atomic E-state index is 0.0349. The van der Waals surface area contributed by atoms with Gasteiger partial charge < -0.3 is 15.2 Å². The first-order valence-corrected chi connectivity index (χ1v) is 8.68. The van der Waals surface area contributed by atoms with E-state index in [0.29, 0.717) is 6.04 Å². The number of ether oxygens (including phenoxy) is 1. The van der Waals surface area contributed by atoms with Gasteiger partial charge in [-0.1, -0.05) is 13.8 Å². The van der Waals surface area contributed by atoms with Crippen LogP contribution in [0.5, 0.6) is 0 Å². The van der Waals surface area contributed by atoms with Crippen LogP contribution in [0.2, 0.25) is 0 Å². The summed E-state index contributed by atoms with van der Waals surface area (Å²) < 4.78 is 5.93. The van der Waals surface area contributed by atoms with Crippen molar-refractivity contribution in [2.45, 2.75) is 64.7 Å². The van der Waals surface area contributed by atoms with Crippen LogP contribution in [-0.4, -0.2) is 60.5 Å². The van der Waals surface area contributed by atoms with Crippen LogP contribution in [0, 0.1) is 11.8 Å². The van der Waals surface area contributed by atoms with E-state index in [2.05, 4.69) is 37.9 Å². The molecule has 2 N–H and O–H groups in total. The van der Waals surface area contributed by atoms with Crippen molar-refractivity contribution in [2.75, 3.05) is 32.8 Å². The SMILES string of the molecule is CCNC1CCC(C)CC1CN1CC(CO)OC(C)(C)C1. The van der Waals surface area contributed by atoms with E-state index >= 15 is 0 Å². The Labute approximate surface area is 130 Å². The third-order valence-electron chi connectivity index (χ3n) is 4.96. The Morgan fingerprint density at radius 2 is 2.10 bits per heavy atom. The van der Waals surface area contributed by atoms with Crippen molar-refractivity contribution in [1.29, 1.82) is 0 Å². The molecule has 1 saturated heterocycles. The molecule has 0 bridgehead atoms. The molecule has 21 heavy (non-hydrogen) atoms. The van der Waals surface area contributed by atoms with E-state index in [-0.39, 0.29) is 18.3 Å². The molecule has 0 aromatic heterocycles. The largest absolute Gasteiger partial charge is 0.394 e. The van der Waals surface area contributed by atoms with E-state index in [9.17, 15) is 5.11 Å². The average molecular weight is 298 g/mol. The van der Waals surface area contributed by atoms with Crippen LogP contribution in [0.3, 0.4) is 0 Å². The molecule has 2 fully saturated rings. The van der Waals surface area contributed by atoms with Crippen molar-refractivity contribution in [3.05, 3.63) is 0 Å². The highest BCUT2D eigenvalue weighted by Crippen LogP contribution is 2.31. The summed E-state index contributed by atoms with van der Waals surface area (Å²) in [6.07, 6.45) is 3.94. The van der Waals surface area contributed by atoms with Crippen LogP contribution in [0.15, 0.2) is 0 Å². The number of nitrogens with one attached hydrogen (secondary N) is 1.